The Bertz CT molecular complexity index is 888. The predicted molar refractivity (Wildman–Crippen MR) is 94.9 cm³/mol. The Morgan fingerprint density at radius 2 is 2.04 bits per heavy atom. The summed E-state index contributed by atoms with van der Waals surface area (Å²) in [6.45, 7) is 2.46. The molecule has 128 valence electrons. The summed E-state index contributed by atoms with van der Waals surface area (Å²) in [6.07, 6.45) is 4.14. The van der Waals surface area contributed by atoms with Gasteiger partial charge in [-0.3, -0.25) is 0 Å². The Kier molecular flexibility index (Phi) is 3.45. The minimum atomic E-state index is 0.405. The van der Waals surface area contributed by atoms with Crippen LogP contribution in [0.5, 0.6) is 0 Å². The van der Waals surface area contributed by atoms with Crippen LogP contribution in [0.1, 0.15) is 18.7 Å². The summed E-state index contributed by atoms with van der Waals surface area (Å²) in [5.74, 6) is 1.56. The van der Waals surface area contributed by atoms with Crippen molar-refractivity contribution >= 4 is 23.0 Å². The number of fused-ring (bicyclic) bond motifs is 1. The zero-order valence-electron chi connectivity index (χ0n) is 13.6. The van der Waals surface area contributed by atoms with E-state index in [4.69, 9.17) is 20.4 Å². The molecule has 0 bridgehead atoms. The molecule has 0 saturated heterocycles. The first-order valence-electron chi connectivity index (χ1n) is 8.45. The Morgan fingerprint density at radius 3 is 2.84 bits per heavy atom. The van der Waals surface area contributed by atoms with Gasteiger partial charge in [-0.1, -0.05) is 11.6 Å². The summed E-state index contributed by atoms with van der Waals surface area (Å²) in [5.41, 5.74) is 2.37. The lowest BCUT2D eigenvalue weighted by Gasteiger charge is -2.38. The fraction of sp³-hybridized carbons (Fsp3) is 0.333. The maximum Gasteiger partial charge on any atom is 0.283 e. The Morgan fingerprint density at radius 1 is 1.12 bits per heavy atom. The third kappa shape index (κ3) is 2.76. The van der Waals surface area contributed by atoms with Crippen LogP contribution in [-0.2, 0) is 6.54 Å². The predicted octanol–water partition coefficient (Wildman–Crippen LogP) is 3.97. The Balaban J connectivity index is 1.42. The quantitative estimate of drug-likeness (QED) is 0.705. The average Bonchev–Trinajstić information content (AvgIpc) is 3.11. The van der Waals surface area contributed by atoms with Crippen LogP contribution < -0.4 is 9.80 Å². The van der Waals surface area contributed by atoms with E-state index in [9.17, 15) is 0 Å². The summed E-state index contributed by atoms with van der Waals surface area (Å²) in [6, 6.07) is 10.4. The van der Waals surface area contributed by atoms with Gasteiger partial charge in [0.2, 0.25) is 5.89 Å². The highest BCUT2D eigenvalue weighted by Gasteiger charge is 2.34. The molecule has 0 amide bonds. The van der Waals surface area contributed by atoms with Gasteiger partial charge in [0.1, 0.15) is 0 Å². The number of rotatable bonds is 4. The number of hydrogen-bond donors (Lipinski definition) is 0. The molecular formula is C18H17ClN4O2. The number of anilines is 2. The van der Waals surface area contributed by atoms with E-state index in [0.717, 1.165) is 23.8 Å². The van der Waals surface area contributed by atoms with Crippen molar-refractivity contribution in [1.82, 2.24) is 10.2 Å². The van der Waals surface area contributed by atoms with E-state index < -0.39 is 0 Å². The van der Waals surface area contributed by atoms with Crippen molar-refractivity contribution in [2.24, 2.45) is 0 Å². The third-order valence-corrected chi connectivity index (χ3v) is 4.95. The molecule has 0 spiro atoms. The second-order valence-electron chi connectivity index (χ2n) is 6.46. The van der Waals surface area contributed by atoms with Crippen LogP contribution >= 0.6 is 11.6 Å². The highest BCUT2D eigenvalue weighted by molar-refractivity contribution is 6.31. The van der Waals surface area contributed by atoms with E-state index in [1.807, 2.05) is 12.1 Å². The molecule has 2 aromatic heterocycles. The van der Waals surface area contributed by atoms with Crippen molar-refractivity contribution in [2.45, 2.75) is 25.4 Å². The standard InChI is InChI=1S/C18H17ClN4O2/c19-12-3-6-14-15(10-12)22(7-8-23(14)13-4-5-13)11-17-20-21-18(25-17)16-2-1-9-24-16/h1-3,6,9-10,13H,4-5,7-8,11H2. The molecule has 7 heteroatoms. The molecule has 1 aliphatic heterocycles. The van der Waals surface area contributed by atoms with Crippen LogP contribution in [0, 0.1) is 0 Å². The van der Waals surface area contributed by atoms with E-state index in [-0.39, 0.29) is 0 Å². The van der Waals surface area contributed by atoms with Gasteiger partial charge in [-0.15, -0.1) is 10.2 Å². The monoisotopic (exact) mass is 356 g/mol. The van der Waals surface area contributed by atoms with Crippen molar-refractivity contribution in [2.75, 3.05) is 22.9 Å². The Hall–Kier alpha value is -2.47. The second kappa shape index (κ2) is 5.81. The van der Waals surface area contributed by atoms with E-state index in [1.165, 1.54) is 18.5 Å². The van der Waals surface area contributed by atoms with Gasteiger partial charge in [-0.05, 0) is 43.2 Å². The van der Waals surface area contributed by atoms with Crippen molar-refractivity contribution in [3.05, 3.63) is 47.5 Å². The molecule has 6 nitrogen and oxygen atoms in total. The molecule has 3 aromatic rings. The lowest BCUT2D eigenvalue weighted by atomic mass is 10.1. The second-order valence-corrected chi connectivity index (χ2v) is 6.89. The van der Waals surface area contributed by atoms with Crippen molar-refractivity contribution in [3.8, 4) is 11.7 Å². The van der Waals surface area contributed by atoms with Crippen molar-refractivity contribution in [3.63, 3.8) is 0 Å². The molecule has 2 aliphatic rings. The highest BCUT2D eigenvalue weighted by atomic mass is 35.5. The fourth-order valence-electron chi connectivity index (χ4n) is 3.37. The van der Waals surface area contributed by atoms with Gasteiger partial charge in [0.05, 0.1) is 24.2 Å². The smallest absolute Gasteiger partial charge is 0.283 e. The molecule has 0 radical (unpaired) electrons. The molecule has 0 N–H and O–H groups in total. The van der Waals surface area contributed by atoms with Gasteiger partial charge in [0.25, 0.3) is 5.89 Å². The third-order valence-electron chi connectivity index (χ3n) is 4.71. The minimum absolute atomic E-state index is 0.405. The van der Waals surface area contributed by atoms with Crippen molar-refractivity contribution in [1.29, 1.82) is 0 Å². The Labute approximate surface area is 150 Å². The molecular weight excluding hydrogens is 340 g/mol. The number of furan rings is 1. The van der Waals surface area contributed by atoms with Gasteiger partial charge >= 0.3 is 0 Å². The first-order valence-corrected chi connectivity index (χ1v) is 8.83. The van der Waals surface area contributed by atoms with E-state index >= 15 is 0 Å². The summed E-state index contributed by atoms with van der Waals surface area (Å²) in [7, 11) is 0. The average molecular weight is 357 g/mol. The van der Waals surface area contributed by atoms with E-state index in [1.54, 1.807) is 18.4 Å². The molecule has 0 unspecified atom stereocenters. The molecule has 1 aliphatic carbocycles. The molecule has 0 atom stereocenters. The summed E-state index contributed by atoms with van der Waals surface area (Å²) in [4.78, 5) is 4.74. The number of halogens is 1. The molecule has 5 rings (SSSR count). The van der Waals surface area contributed by atoms with Crippen LogP contribution in [0.25, 0.3) is 11.7 Å². The van der Waals surface area contributed by atoms with E-state index in [0.29, 0.717) is 30.1 Å². The molecule has 25 heavy (non-hydrogen) atoms. The molecule has 3 heterocycles. The van der Waals surface area contributed by atoms with Gasteiger partial charge in [0, 0.05) is 24.2 Å². The maximum absolute atomic E-state index is 6.25. The van der Waals surface area contributed by atoms with Gasteiger partial charge in [0.15, 0.2) is 5.76 Å². The molecule has 1 fully saturated rings. The van der Waals surface area contributed by atoms with Crippen LogP contribution in [0.15, 0.2) is 45.4 Å². The normalized spacial score (nSPS) is 17.0. The molecule has 1 aromatic carbocycles. The zero-order chi connectivity index (χ0) is 16.8. The summed E-state index contributed by atoms with van der Waals surface area (Å²) in [5, 5.41) is 8.98. The van der Waals surface area contributed by atoms with Crippen LogP contribution in [0.4, 0.5) is 11.4 Å². The lowest BCUT2D eigenvalue weighted by Crippen LogP contribution is -2.42. The van der Waals surface area contributed by atoms with Crippen LogP contribution in [0.3, 0.4) is 0 Å². The first kappa shape index (κ1) is 14.8. The minimum Gasteiger partial charge on any atom is -0.459 e. The van der Waals surface area contributed by atoms with Crippen LogP contribution in [-0.4, -0.2) is 29.3 Å². The fourth-order valence-corrected chi connectivity index (χ4v) is 3.54. The summed E-state index contributed by atoms with van der Waals surface area (Å²) >= 11 is 6.25. The zero-order valence-corrected chi connectivity index (χ0v) is 14.3. The number of aromatic nitrogens is 2. The topological polar surface area (TPSA) is 58.5 Å². The van der Waals surface area contributed by atoms with Gasteiger partial charge in [-0.2, -0.15) is 0 Å². The van der Waals surface area contributed by atoms with Crippen molar-refractivity contribution < 1.29 is 8.83 Å². The highest BCUT2D eigenvalue weighted by Crippen LogP contribution is 2.41. The lowest BCUT2D eigenvalue weighted by molar-refractivity contribution is 0.473. The maximum atomic E-state index is 6.25. The number of nitrogens with zero attached hydrogens (tertiary/aromatic N) is 4. The van der Waals surface area contributed by atoms with Crippen LogP contribution in [0.2, 0.25) is 5.02 Å². The SMILES string of the molecule is Clc1ccc2c(c1)N(Cc1nnc(-c3ccco3)o1)CCN2C1CC1. The molecule has 1 saturated carbocycles. The van der Waals surface area contributed by atoms with Gasteiger partial charge < -0.3 is 18.6 Å². The number of benzene rings is 1. The number of hydrogen-bond acceptors (Lipinski definition) is 6. The summed E-state index contributed by atoms with van der Waals surface area (Å²) < 4.78 is 11.1. The first-order chi connectivity index (χ1) is 12.3. The largest absolute Gasteiger partial charge is 0.459 e. The van der Waals surface area contributed by atoms with Gasteiger partial charge in [-0.25, -0.2) is 0 Å². The van der Waals surface area contributed by atoms with E-state index in [2.05, 4.69) is 26.1 Å².